The molecule has 7 nitrogen and oxygen atoms in total. The van der Waals surface area contributed by atoms with Gasteiger partial charge < -0.3 is 4.43 Å². The van der Waals surface area contributed by atoms with Crippen molar-refractivity contribution in [2.45, 2.75) is 69.6 Å². The number of benzene rings is 4. The molecule has 50 heavy (non-hydrogen) atoms. The number of rotatable bonds is 15. The van der Waals surface area contributed by atoms with Gasteiger partial charge in [-0.3, -0.25) is 4.18 Å². The fraction of sp³-hybridized carbons (Fsp3) is 0.300. The molecular weight excluding hydrogens is 685 g/mol. The molecule has 0 aliphatic carbocycles. The minimum absolute atomic E-state index is 0.0148. The van der Waals surface area contributed by atoms with Crippen LogP contribution < -0.4 is 10.4 Å². The minimum Gasteiger partial charge on any atom is -0.381 e. The molecule has 10 heteroatoms. The van der Waals surface area contributed by atoms with E-state index in [4.69, 9.17) is 12.8 Å². The molecule has 1 unspecified atom stereocenters. The molecule has 0 aromatic heterocycles. The molecule has 0 amide bonds. The van der Waals surface area contributed by atoms with Crippen molar-refractivity contribution in [1.82, 2.24) is 0 Å². The van der Waals surface area contributed by atoms with Crippen molar-refractivity contribution in [3.05, 3.63) is 145 Å². The van der Waals surface area contributed by atoms with Crippen LogP contribution in [-0.4, -0.2) is 38.0 Å². The van der Waals surface area contributed by atoms with E-state index in [-0.39, 0.29) is 16.4 Å². The zero-order chi connectivity index (χ0) is 36.8. The fourth-order valence-corrected chi connectivity index (χ4v) is 12.3. The lowest BCUT2D eigenvalue weighted by Gasteiger charge is -2.45. The summed E-state index contributed by atoms with van der Waals surface area (Å²) >= 11 is 0. The van der Waals surface area contributed by atoms with Crippen molar-refractivity contribution in [3.63, 3.8) is 0 Å². The van der Waals surface area contributed by atoms with E-state index in [9.17, 15) is 16.8 Å². The normalized spacial score (nSPS) is 15.3. The Hall–Kier alpha value is -3.64. The number of hydrogen-bond donors (Lipinski definition) is 0. The first-order valence-corrected chi connectivity index (χ1v) is 21.2. The lowest BCUT2D eigenvalue weighted by atomic mass is 9.90. The molecular formula is C40H48O7S2Si. The maximum atomic E-state index is 13.9. The summed E-state index contributed by atoms with van der Waals surface area (Å²) < 4.78 is 72.6. The van der Waals surface area contributed by atoms with Crippen LogP contribution in [0.2, 0.25) is 5.04 Å². The van der Waals surface area contributed by atoms with E-state index in [1.54, 1.807) is 49.4 Å². The highest BCUT2D eigenvalue weighted by molar-refractivity contribution is 7.87. The van der Waals surface area contributed by atoms with Gasteiger partial charge >= 0.3 is 0 Å². The van der Waals surface area contributed by atoms with E-state index in [0.29, 0.717) is 0 Å². The molecule has 0 fully saturated rings. The van der Waals surface area contributed by atoms with Crippen molar-refractivity contribution in [2.24, 2.45) is 11.3 Å². The van der Waals surface area contributed by atoms with Gasteiger partial charge in [-0.1, -0.05) is 149 Å². The third kappa shape index (κ3) is 9.17. The third-order valence-electron chi connectivity index (χ3n) is 8.75. The average molecular weight is 733 g/mol. The number of hydrogen-bond acceptors (Lipinski definition) is 7. The van der Waals surface area contributed by atoms with Crippen LogP contribution in [0, 0.1) is 25.2 Å². The summed E-state index contributed by atoms with van der Waals surface area (Å²) in [6.07, 6.45) is 3.87. The molecule has 0 heterocycles. The quantitative estimate of drug-likeness (QED) is 0.0535. The van der Waals surface area contributed by atoms with Crippen LogP contribution in [0.1, 0.15) is 45.7 Å². The van der Waals surface area contributed by atoms with Gasteiger partial charge in [-0.2, -0.15) is 16.8 Å². The molecule has 0 saturated heterocycles. The van der Waals surface area contributed by atoms with Crippen molar-refractivity contribution < 1.29 is 29.6 Å². The van der Waals surface area contributed by atoms with Crippen molar-refractivity contribution in [1.29, 1.82) is 0 Å². The molecule has 266 valence electrons. The first-order valence-electron chi connectivity index (χ1n) is 16.5. The Morgan fingerprint density at radius 2 is 1.14 bits per heavy atom. The molecule has 0 spiro atoms. The van der Waals surface area contributed by atoms with Crippen molar-refractivity contribution in [2.75, 3.05) is 6.61 Å². The van der Waals surface area contributed by atoms with Crippen LogP contribution in [0.25, 0.3) is 0 Å². The SMILES string of the molecule is C=C[C@@](C)(/C=C/[C@H](C)C(O[Si](c1ccccc1)(c1ccccc1)C(C)(C)C)OS(=O)(=O)c1ccc(C)cc1)COS(=O)(=O)c1ccc(C)cc1. The van der Waals surface area contributed by atoms with Gasteiger partial charge in [0.2, 0.25) is 0 Å². The Kier molecular flexibility index (Phi) is 12.3. The molecule has 0 aliphatic heterocycles. The Morgan fingerprint density at radius 3 is 1.56 bits per heavy atom. The third-order valence-corrected chi connectivity index (χ3v) is 16.3. The van der Waals surface area contributed by atoms with Crippen molar-refractivity contribution in [3.8, 4) is 0 Å². The Balaban J connectivity index is 1.77. The fourth-order valence-electron chi connectivity index (χ4n) is 5.58. The average Bonchev–Trinajstić information content (AvgIpc) is 3.08. The topological polar surface area (TPSA) is 96.0 Å². The van der Waals surface area contributed by atoms with Gasteiger partial charge in [-0.05, 0) is 53.5 Å². The van der Waals surface area contributed by atoms with Crippen LogP contribution in [0.4, 0.5) is 0 Å². The summed E-state index contributed by atoms with van der Waals surface area (Å²) in [7, 11) is -11.6. The Bertz CT molecular complexity index is 1930. The van der Waals surface area contributed by atoms with Gasteiger partial charge in [0.1, 0.15) is 0 Å². The second-order valence-electron chi connectivity index (χ2n) is 14.0. The van der Waals surface area contributed by atoms with Gasteiger partial charge in [-0.25, -0.2) is 4.18 Å². The maximum Gasteiger partial charge on any atom is 0.299 e. The zero-order valence-electron chi connectivity index (χ0n) is 29.9. The number of aryl methyl sites for hydroxylation is 2. The first-order chi connectivity index (χ1) is 23.4. The Morgan fingerprint density at radius 1 is 0.700 bits per heavy atom. The summed E-state index contributed by atoms with van der Waals surface area (Å²) in [6, 6.07) is 32.7. The van der Waals surface area contributed by atoms with E-state index in [1.807, 2.05) is 81.4 Å². The van der Waals surface area contributed by atoms with Crippen LogP contribution in [0.3, 0.4) is 0 Å². The monoisotopic (exact) mass is 732 g/mol. The van der Waals surface area contributed by atoms with E-state index in [2.05, 4.69) is 27.4 Å². The molecule has 0 bridgehead atoms. The maximum absolute atomic E-state index is 13.9. The van der Waals surface area contributed by atoms with E-state index >= 15 is 0 Å². The highest BCUT2D eigenvalue weighted by atomic mass is 32.2. The smallest absolute Gasteiger partial charge is 0.299 e. The molecule has 3 atom stereocenters. The second kappa shape index (κ2) is 15.7. The zero-order valence-corrected chi connectivity index (χ0v) is 32.5. The predicted octanol–water partition coefficient (Wildman–Crippen LogP) is 7.70. The summed E-state index contributed by atoms with van der Waals surface area (Å²) in [6.45, 7) is 17.4. The second-order valence-corrected chi connectivity index (χ2v) is 21.4. The summed E-state index contributed by atoms with van der Waals surface area (Å²) in [4.78, 5) is 0.0707. The molecule has 4 aromatic carbocycles. The van der Waals surface area contributed by atoms with Gasteiger partial charge in [0.05, 0.1) is 16.4 Å². The molecule has 4 aromatic rings. The predicted molar refractivity (Wildman–Crippen MR) is 203 cm³/mol. The van der Waals surface area contributed by atoms with E-state index in [1.165, 1.54) is 24.3 Å². The molecule has 4 rings (SSSR count). The molecule has 0 aliphatic rings. The van der Waals surface area contributed by atoms with Gasteiger partial charge in [0.25, 0.3) is 28.6 Å². The summed E-state index contributed by atoms with van der Waals surface area (Å²) in [5, 5.41) is 1.45. The molecule has 0 radical (unpaired) electrons. The lowest BCUT2D eigenvalue weighted by Crippen LogP contribution is -2.68. The van der Waals surface area contributed by atoms with Gasteiger partial charge in [-0.15, -0.1) is 6.58 Å². The van der Waals surface area contributed by atoms with E-state index < -0.39 is 51.2 Å². The molecule has 0 N–H and O–H groups in total. The van der Waals surface area contributed by atoms with Crippen LogP contribution in [-0.2, 0) is 33.0 Å². The van der Waals surface area contributed by atoms with Gasteiger partial charge in [0, 0.05) is 11.3 Å². The van der Waals surface area contributed by atoms with Crippen LogP contribution in [0.15, 0.2) is 144 Å². The highest BCUT2D eigenvalue weighted by Crippen LogP contribution is 2.39. The minimum atomic E-state index is -4.29. The first kappa shape index (κ1) is 39.1. The Labute approximate surface area is 300 Å². The highest BCUT2D eigenvalue weighted by Gasteiger charge is 2.52. The standard InChI is InChI=1S/C40H48O7S2Si/c1-9-40(8,30-45-48(41,42)34-24-20-31(2)21-25-34)29-28-33(4)38(46-49(43,44)35-26-22-32(3)23-27-35)47-50(39(5,6)7,36-16-12-10-13-17-36)37-18-14-11-15-19-37/h9-29,33,38H,1,30H2,2-8H3/b29-28+/t33-,38?,40-/m0/s1. The van der Waals surface area contributed by atoms with E-state index in [0.717, 1.165) is 21.5 Å². The summed E-state index contributed by atoms with van der Waals surface area (Å²) in [5.41, 5.74) is 0.901. The van der Waals surface area contributed by atoms with Crippen LogP contribution >= 0.6 is 0 Å². The largest absolute Gasteiger partial charge is 0.381 e. The summed E-state index contributed by atoms with van der Waals surface area (Å²) in [5.74, 6) is -0.634. The molecule has 0 saturated carbocycles. The van der Waals surface area contributed by atoms with Crippen molar-refractivity contribution >= 4 is 38.9 Å². The van der Waals surface area contributed by atoms with Gasteiger partial charge in [0.15, 0.2) is 6.29 Å². The lowest BCUT2D eigenvalue weighted by molar-refractivity contribution is -0.0243. The van der Waals surface area contributed by atoms with Crippen LogP contribution in [0.5, 0.6) is 0 Å².